The fourth-order valence-corrected chi connectivity index (χ4v) is 3.25. The molecular weight excluding hydrogens is 216 g/mol. The van der Waals surface area contributed by atoms with Crippen molar-refractivity contribution < 1.29 is 0 Å². The van der Waals surface area contributed by atoms with Crippen molar-refractivity contribution in [3.63, 3.8) is 0 Å². The van der Waals surface area contributed by atoms with E-state index in [4.69, 9.17) is 5.26 Å². The Bertz CT molecular complexity index is 352. The zero-order chi connectivity index (χ0) is 11.2. The van der Waals surface area contributed by atoms with Gasteiger partial charge in [0.15, 0.2) is 0 Å². The maximum absolute atomic E-state index is 9.14. The molecule has 0 saturated carbocycles. The van der Waals surface area contributed by atoms with E-state index in [9.17, 15) is 0 Å². The van der Waals surface area contributed by atoms with E-state index >= 15 is 0 Å². The highest BCUT2D eigenvalue weighted by atomic mass is 32.2. The Labute approximate surface area is 101 Å². The molecule has 1 saturated heterocycles. The second kappa shape index (κ2) is 5.93. The second-order valence-electron chi connectivity index (χ2n) is 4.10. The number of nitrogens with zero attached hydrogens (tertiary/aromatic N) is 1. The Balaban J connectivity index is 1.86. The maximum Gasteiger partial charge on any atom is 0.0992 e. The van der Waals surface area contributed by atoms with Crippen molar-refractivity contribution in [3.05, 3.63) is 35.9 Å². The molecular formula is C13H16N2S. The van der Waals surface area contributed by atoms with E-state index in [1.54, 1.807) is 0 Å². The first-order valence-corrected chi connectivity index (χ1v) is 6.80. The van der Waals surface area contributed by atoms with Crippen LogP contribution in [-0.4, -0.2) is 17.5 Å². The fourth-order valence-electron chi connectivity index (χ4n) is 1.96. The Morgan fingerprint density at radius 3 is 2.88 bits per heavy atom. The number of benzene rings is 1. The molecule has 0 amide bonds. The topological polar surface area (TPSA) is 35.8 Å². The van der Waals surface area contributed by atoms with Gasteiger partial charge in [-0.05, 0) is 29.4 Å². The monoisotopic (exact) mass is 232 g/mol. The van der Waals surface area contributed by atoms with Crippen LogP contribution in [0.1, 0.15) is 12.0 Å². The van der Waals surface area contributed by atoms with E-state index < -0.39 is 0 Å². The van der Waals surface area contributed by atoms with Gasteiger partial charge in [-0.15, -0.1) is 0 Å². The minimum atomic E-state index is 0.00945. The van der Waals surface area contributed by atoms with Crippen LogP contribution in [-0.2, 0) is 6.54 Å². The lowest BCUT2D eigenvalue weighted by Crippen LogP contribution is -2.34. The summed E-state index contributed by atoms with van der Waals surface area (Å²) in [5, 5.41) is 12.5. The van der Waals surface area contributed by atoms with Crippen LogP contribution < -0.4 is 5.32 Å². The molecule has 2 atom stereocenters. The van der Waals surface area contributed by atoms with Crippen LogP contribution in [0, 0.1) is 17.2 Å². The summed E-state index contributed by atoms with van der Waals surface area (Å²) < 4.78 is 0. The zero-order valence-corrected chi connectivity index (χ0v) is 10.0. The molecule has 84 valence electrons. The van der Waals surface area contributed by atoms with Crippen molar-refractivity contribution in [3.8, 4) is 6.07 Å². The molecule has 0 bridgehead atoms. The molecule has 1 fully saturated rings. The molecule has 1 aliphatic rings. The van der Waals surface area contributed by atoms with Crippen LogP contribution in [0.4, 0.5) is 0 Å². The summed E-state index contributed by atoms with van der Waals surface area (Å²) in [5.74, 6) is 2.86. The Morgan fingerprint density at radius 2 is 2.25 bits per heavy atom. The lowest BCUT2D eigenvalue weighted by molar-refractivity contribution is 0.449. The van der Waals surface area contributed by atoms with Gasteiger partial charge in [-0.2, -0.15) is 17.0 Å². The molecule has 2 unspecified atom stereocenters. The van der Waals surface area contributed by atoms with Crippen LogP contribution >= 0.6 is 11.8 Å². The van der Waals surface area contributed by atoms with Gasteiger partial charge in [0.1, 0.15) is 0 Å². The molecule has 3 heteroatoms. The van der Waals surface area contributed by atoms with E-state index in [0.29, 0.717) is 5.92 Å². The van der Waals surface area contributed by atoms with Crippen LogP contribution in [0.2, 0.25) is 0 Å². The number of nitrogens with one attached hydrogen (secondary N) is 1. The van der Waals surface area contributed by atoms with Crippen molar-refractivity contribution in [1.29, 1.82) is 5.26 Å². The highest BCUT2D eigenvalue weighted by Crippen LogP contribution is 2.26. The molecule has 2 rings (SSSR count). The molecule has 1 aromatic rings. The highest BCUT2D eigenvalue weighted by Gasteiger charge is 2.24. The van der Waals surface area contributed by atoms with Crippen molar-refractivity contribution in [2.75, 3.05) is 11.5 Å². The highest BCUT2D eigenvalue weighted by molar-refractivity contribution is 7.99. The zero-order valence-electron chi connectivity index (χ0n) is 9.23. The second-order valence-corrected chi connectivity index (χ2v) is 5.25. The van der Waals surface area contributed by atoms with Gasteiger partial charge in [-0.3, -0.25) is 5.32 Å². The van der Waals surface area contributed by atoms with Gasteiger partial charge in [0.25, 0.3) is 0 Å². The van der Waals surface area contributed by atoms with Crippen LogP contribution in [0.5, 0.6) is 0 Å². The summed E-state index contributed by atoms with van der Waals surface area (Å²) in [7, 11) is 0. The average molecular weight is 232 g/mol. The molecule has 0 aliphatic carbocycles. The minimum Gasteiger partial charge on any atom is -0.298 e. The van der Waals surface area contributed by atoms with Crippen molar-refractivity contribution in [2.45, 2.75) is 19.0 Å². The van der Waals surface area contributed by atoms with Crippen molar-refractivity contribution in [1.82, 2.24) is 5.32 Å². The lowest BCUT2D eigenvalue weighted by atomic mass is 10.0. The van der Waals surface area contributed by atoms with Gasteiger partial charge < -0.3 is 0 Å². The first-order valence-electron chi connectivity index (χ1n) is 5.65. The number of hydrogen-bond donors (Lipinski definition) is 1. The van der Waals surface area contributed by atoms with Crippen LogP contribution in [0.3, 0.4) is 0 Å². The van der Waals surface area contributed by atoms with Gasteiger partial charge in [0.2, 0.25) is 0 Å². The predicted octanol–water partition coefficient (Wildman–Crippen LogP) is 2.42. The smallest absolute Gasteiger partial charge is 0.0992 e. The summed E-state index contributed by atoms with van der Waals surface area (Å²) in [6.07, 6.45) is 1.17. The molecule has 1 N–H and O–H groups in total. The third-order valence-corrected chi connectivity index (χ3v) is 4.13. The lowest BCUT2D eigenvalue weighted by Gasteiger charge is -2.17. The van der Waals surface area contributed by atoms with Crippen molar-refractivity contribution in [2.24, 2.45) is 5.92 Å². The Hall–Kier alpha value is -0.980. The van der Waals surface area contributed by atoms with E-state index in [-0.39, 0.29) is 6.04 Å². The third kappa shape index (κ3) is 3.01. The first kappa shape index (κ1) is 11.5. The standard InChI is InChI=1S/C13H16N2S/c14-8-13(12-6-7-16-10-12)15-9-11-4-2-1-3-5-11/h1-5,12-13,15H,6-7,9-10H2. The Kier molecular flexibility index (Phi) is 4.26. The minimum absolute atomic E-state index is 0.00945. The predicted molar refractivity (Wildman–Crippen MR) is 68.1 cm³/mol. The van der Waals surface area contributed by atoms with Gasteiger partial charge in [-0.25, -0.2) is 0 Å². The summed E-state index contributed by atoms with van der Waals surface area (Å²) >= 11 is 1.96. The molecule has 2 nitrogen and oxygen atoms in total. The van der Waals surface area contributed by atoms with E-state index in [1.165, 1.54) is 17.7 Å². The molecule has 0 spiro atoms. The van der Waals surface area contributed by atoms with E-state index in [0.717, 1.165) is 12.3 Å². The third-order valence-electron chi connectivity index (χ3n) is 2.94. The summed E-state index contributed by atoms with van der Waals surface area (Å²) in [5.41, 5.74) is 1.24. The molecule has 0 radical (unpaired) electrons. The molecule has 0 aromatic heterocycles. The molecule has 16 heavy (non-hydrogen) atoms. The summed E-state index contributed by atoms with van der Waals surface area (Å²) in [6, 6.07) is 12.7. The molecule has 1 heterocycles. The normalized spacial score (nSPS) is 21.6. The number of hydrogen-bond acceptors (Lipinski definition) is 3. The van der Waals surface area contributed by atoms with Crippen LogP contribution in [0.25, 0.3) is 0 Å². The summed E-state index contributed by atoms with van der Waals surface area (Å²) in [6.45, 7) is 0.792. The molecule has 1 aliphatic heterocycles. The van der Waals surface area contributed by atoms with E-state index in [2.05, 4.69) is 23.5 Å². The SMILES string of the molecule is N#CC(NCc1ccccc1)C1CCSC1. The summed E-state index contributed by atoms with van der Waals surface area (Å²) in [4.78, 5) is 0. The van der Waals surface area contributed by atoms with E-state index in [1.807, 2.05) is 30.0 Å². The fraction of sp³-hybridized carbons (Fsp3) is 0.462. The van der Waals surface area contributed by atoms with Gasteiger partial charge in [-0.1, -0.05) is 30.3 Å². The van der Waals surface area contributed by atoms with Crippen LogP contribution in [0.15, 0.2) is 30.3 Å². The van der Waals surface area contributed by atoms with Crippen molar-refractivity contribution >= 4 is 11.8 Å². The number of nitriles is 1. The Morgan fingerprint density at radius 1 is 1.44 bits per heavy atom. The largest absolute Gasteiger partial charge is 0.298 e. The van der Waals surface area contributed by atoms with Gasteiger partial charge in [0.05, 0.1) is 12.1 Å². The van der Waals surface area contributed by atoms with Gasteiger partial charge >= 0.3 is 0 Å². The van der Waals surface area contributed by atoms with Gasteiger partial charge in [0, 0.05) is 6.54 Å². The maximum atomic E-state index is 9.14. The first-order chi connectivity index (χ1) is 7.90. The molecule has 1 aromatic carbocycles. The quantitative estimate of drug-likeness (QED) is 0.866. The average Bonchev–Trinajstić information content (AvgIpc) is 2.85. The number of rotatable bonds is 4. The number of thioether (sulfide) groups is 1.